The molecule has 144 valence electrons. The highest BCUT2D eigenvalue weighted by molar-refractivity contribution is 5.94. The summed E-state index contributed by atoms with van der Waals surface area (Å²) in [6.45, 7) is 4.82. The molecule has 27 heavy (non-hydrogen) atoms. The summed E-state index contributed by atoms with van der Waals surface area (Å²) in [5.41, 5.74) is 3.61. The van der Waals surface area contributed by atoms with Crippen molar-refractivity contribution in [2.24, 2.45) is 5.92 Å². The van der Waals surface area contributed by atoms with E-state index in [9.17, 15) is 14.3 Å². The van der Waals surface area contributed by atoms with E-state index >= 15 is 0 Å². The smallest absolute Gasteiger partial charge is 0.251 e. The molecular weight excluding hydrogens is 345 g/mol. The minimum atomic E-state index is -0.797. The summed E-state index contributed by atoms with van der Waals surface area (Å²) in [6, 6.07) is 10.1. The van der Waals surface area contributed by atoms with Gasteiger partial charge in [0, 0.05) is 24.3 Å². The first kappa shape index (κ1) is 19.5. The minimum absolute atomic E-state index is 0.0899. The van der Waals surface area contributed by atoms with Crippen molar-refractivity contribution in [2.75, 3.05) is 13.2 Å². The van der Waals surface area contributed by atoms with Crippen molar-refractivity contribution in [3.63, 3.8) is 0 Å². The minimum Gasteiger partial charge on any atom is -0.387 e. The van der Waals surface area contributed by atoms with Gasteiger partial charge in [0.15, 0.2) is 0 Å². The molecule has 0 bridgehead atoms. The molecule has 0 radical (unpaired) electrons. The number of amides is 1. The van der Waals surface area contributed by atoms with Gasteiger partial charge in [0.05, 0.1) is 12.7 Å². The third-order valence-electron chi connectivity index (χ3n) is 4.70. The molecule has 2 aromatic carbocycles. The molecule has 5 heteroatoms. The van der Waals surface area contributed by atoms with Crippen molar-refractivity contribution in [1.82, 2.24) is 5.32 Å². The topological polar surface area (TPSA) is 58.6 Å². The van der Waals surface area contributed by atoms with Crippen LogP contribution in [0.25, 0.3) is 0 Å². The SMILES string of the molecule is Cc1cc(C)cc(C(O)CNC(=O)c2ccc(F)c(COCC3CC3)c2)c1. The molecule has 1 amide bonds. The Labute approximate surface area is 159 Å². The van der Waals surface area contributed by atoms with Crippen molar-refractivity contribution in [2.45, 2.75) is 39.4 Å². The summed E-state index contributed by atoms with van der Waals surface area (Å²) in [4.78, 5) is 12.4. The number of benzene rings is 2. The van der Waals surface area contributed by atoms with E-state index < -0.39 is 6.10 Å². The molecule has 1 aliphatic carbocycles. The fourth-order valence-electron chi connectivity index (χ4n) is 3.06. The van der Waals surface area contributed by atoms with E-state index in [1.165, 1.54) is 31.0 Å². The van der Waals surface area contributed by atoms with Crippen molar-refractivity contribution in [3.05, 3.63) is 70.0 Å². The maximum absolute atomic E-state index is 13.9. The van der Waals surface area contributed by atoms with E-state index in [4.69, 9.17) is 4.74 Å². The Kier molecular flexibility index (Phi) is 6.24. The lowest BCUT2D eigenvalue weighted by Gasteiger charge is -2.14. The highest BCUT2D eigenvalue weighted by atomic mass is 19.1. The Morgan fingerprint density at radius 2 is 1.93 bits per heavy atom. The summed E-state index contributed by atoms with van der Waals surface area (Å²) < 4.78 is 19.5. The number of rotatable bonds is 8. The van der Waals surface area contributed by atoms with Crippen LogP contribution in [0.5, 0.6) is 0 Å². The monoisotopic (exact) mass is 371 g/mol. The Morgan fingerprint density at radius 3 is 2.59 bits per heavy atom. The maximum atomic E-state index is 13.9. The summed E-state index contributed by atoms with van der Waals surface area (Å²) in [7, 11) is 0. The molecule has 2 N–H and O–H groups in total. The second-order valence-corrected chi connectivity index (χ2v) is 7.41. The molecule has 1 unspecified atom stereocenters. The van der Waals surface area contributed by atoms with E-state index in [2.05, 4.69) is 5.32 Å². The third-order valence-corrected chi connectivity index (χ3v) is 4.70. The predicted octanol–water partition coefficient (Wildman–Crippen LogP) is 3.83. The average Bonchev–Trinajstić information content (AvgIpc) is 3.44. The number of nitrogens with one attached hydrogen (secondary N) is 1. The van der Waals surface area contributed by atoms with E-state index in [1.54, 1.807) is 0 Å². The van der Waals surface area contributed by atoms with Crippen LogP contribution >= 0.6 is 0 Å². The van der Waals surface area contributed by atoms with Gasteiger partial charge in [-0.05, 0) is 56.4 Å². The number of carbonyl (C=O) groups excluding carboxylic acids is 1. The molecule has 1 atom stereocenters. The zero-order valence-electron chi connectivity index (χ0n) is 15.8. The van der Waals surface area contributed by atoms with Gasteiger partial charge in [-0.25, -0.2) is 4.39 Å². The highest BCUT2D eigenvalue weighted by Gasteiger charge is 2.21. The number of carbonyl (C=O) groups is 1. The van der Waals surface area contributed by atoms with Gasteiger partial charge in [-0.1, -0.05) is 29.3 Å². The fraction of sp³-hybridized carbons (Fsp3) is 0.409. The normalized spacial score (nSPS) is 14.8. The largest absolute Gasteiger partial charge is 0.387 e. The standard InChI is InChI=1S/C22H26FNO3/c1-14-7-15(2)9-18(8-14)21(25)11-24-22(26)17-5-6-20(23)19(10-17)13-27-12-16-3-4-16/h5-10,16,21,25H,3-4,11-13H2,1-2H3,(H,24,26). The van der Waals surface area contributed by atoms with Crippen molar-refractivity contribution in [3.8, 4) is 0 Å². The fourth-order valence-corrected chi connectivity index (χ4v) is 3.06. The summed E-state index contributed by atoms with van der Waals surface area (Å²) in [5, 5.41) is 13.1. The summed E-state index contributed by atoms with van der Waals surface area (Å²) in [6.07, 6.45) is 1.55. The number of ether oxygens (including phenoxy) is 1. The van der Waals surface area contributed by atoms with Crippen molar-refractivity contribution < 1.29 is 19.0 Å². The van der Waals surface area contributed by atoms with Gasteiger partial charge in [-0.3, -0.25) is 4.79 Å². The van der Waals surface area contributed by atoms with Crippen LogP contribution in [0.1, 0.15) is 51.6 Å². The van der Waals surface area contributed by atoms with Crippen LogP contribution in [0.4, 0.5) is 4.39 Å². The maximum Gasteiger partial charge on any atom is 0.251 e. The third kappa shape index (κ3) is 5.62. The number of aliphatic hydroxyl groups is 1. The predicted molar refractivity (Wildman–Crippen MR) is 102 cm³/mol. The lowest BCUT2D eigenvalue weighted by atomic mass is 10.0. The zero-order chi connectivity index (χ0) is 19.4. The molecule has 1 saturated carbocycles. The van der Waals surface area contributed by atoms with Gasteiger partial charge < -0.3 is 15.2 Å². The van der Waals surface area contributed by atoms with Crippen LogP contribution in [-0.2, 0) is 11.3 Å². The second kappa shape index (κ2) is 8.63. The lowest BCUT2D eigenvalue weighted by Crippen LogP contribution is -2.28. The molecule has 0 spiro atoms. The van der Waals surface area contributed by atoms with Crippen LogP contribution in [-0.4, -0.2) is 24.2 Å². The van der Waals surface area contributed by atoms with Crippen molar-refractivity contribution >= 4 is 5.91 Å². The number of aryl methyl sites for hydroxylation is 2. The Hall–Kier alpha value is -2.24. The van der Waals surface area contributed by atoms with Gasteiger partial charge in [0.25, 0.3) is 5.91 Å². The first-order valence-electron chi connectivity index (χ1n) is 9.33. The second-order valence-electron chi connectivity index (χ2n) is 7.41. The Bertz CT molecular complexity index is 797. The Balaban J connectivity index is 1.58. The summed E-state index contributed by atoms with van der Waals surface area (Å²) in [5.74, 6) is -0.120. The van der Waals surface area contributed by atoms with Crippen LogP contribution in [0.2, 0.25) is 0 Å². The van der Waals surface area contributed by atoms with Crippen LogP contribution in [0.3, 0.4) is 0 Å². The van der Waals surface area contributed by atoms with Gasteiger partial charge in [0.2, 0.25) is 0 Å². The van der Waals surface area contributed by atoms with Gasteiger partial charge in [-0.2, -0.15) is 0 Å². The van der Waals surface area contributed by atoms with Gasteiger partial charge >= 0.3 is 0 Å². The molecule has 2 aromatic rings. The quantitative estimate of drug-likeness (QED) is 0.741. The first-order valence-corrected chi connectivity index (χ1v) is 9.33. The molecule has 4 nitrogen and oxygen atoms in total. The Morgan fingerprint density at radius 1 is 1.22 bits per heavy atom. The molecule has 1 fully saturated rings. The molecule has 1 aliphatic rings. The lowest BCUT2D eigenvalue weighted by molar-refractivity contribution is 0.0914. The zero-order valence-corrected chi connectivity index (χ0v) is 15.8. The molecule has 0 aromatic heterocycles. The van der Waals surface area contributed by atoms with E-state index in [0.717, 1.165) is 16.7 Å². The first-order chi connectivity index (χ1) is 12.9. The van der Waals surface area contributed by atoms with Crippen molar-refractivity contribution in [1.29, 1.82) is 0 Å². The molecule has 0 saturated heterocycles. The van der Waals surface area contributed by atoms with Crippen LogP contribution < -0.4 is 5.32 Å². The van der Waals surface area contributed by atoms with Gasteiger partial charge in [-0.15, -0.1) is 0 Å². The molecule has 3 rings (SSSR count). The molecule has 0 heterocycles. The van der Waals surface area contributed by atoms with Crippen LogP contribution in [0.15, 0.2) is 36.4 Å². The van der Waals surface area contributed by atoms with Crippen LogP contribution in [0, 0.1) is 25.6 Å². The molecular formula is C22H26FNO3. The molecule has 0 aliphatic heterocycles. The highest BCUT2D eigenvalue weighted by Crippen LogP contribution is 2.29. The summed E-state index contributed by atoms with van der Waals surface area (Å²) >= 11 is 0. The van der Waals surface area contributed by atoms with Gasteiger partial charge in [0.1, 0.15) is 5.82 Å². The van der Waals surface area contributed by atoms with E-state index in [1.807, 2.05) is 32.0 Å². The van der Waals surface area contributed by atoms with E-state index in [0.29, 0.717) is 23.7 Å². The number of halogens is 1. The number of hydrogen-bond donors (Lipinski definition) is 2. The number of aliphatic hydroxyl groups excluding tert-OH is 1. The number of hydrogen-bond acceptors (Lipinski definition) is 3. The van der Waals surface area contributed by atoms with E-state index in [-0.39, 0.29) is 24.9 Å². The average molecular weight is 371 g/mol.